The first kappa shape index (κ1) is 14.8. The van der Waals surface area contributed by atoms with Crippen molar-refractivity contribution in [3.63, 3.8) is 0 Å². The Morgan fingerprint density at radius 2 is 2.00 bits per heavy atom. The Balaban J connectivity index is 2.76. The van der Waals surface area contributed by atoms with Crippen molar-refractivity contribution in [1.29, 1.82) is 0 Å². The fourth-order valence-corrected chi connectivity index (χ4v) is 1.49. The first-order valence-electron chi connectivity index (χ1n) is 5.76. The third kappa shape index (κ3) is 4.50. The number of benzene rings is 1. The van der Waals surface area contributed by atoms with E-state index in [1.807, 2.05) is 20.8 Å². The van der Waals surface area contributed by atoms with Crippen molar-refractivity contribution in [3.05, 3.63) is 23.8 Å². The summed E-state index contributed by atoms with van der Waals surface area (Å²) in [4.78, 5) is 22.6. The lowest BCUT2D eigenvalue weighted by Gasteiger charge is -2.20. The van der Waals surface area contributed by atoms with Gasteiger partial charge in [-0.2, -0.15) is 0 Å². The maximum Gasteiger partial charge on any atom is 0.341 e. The highest BCUT2D eigenvalue weighted by atomic mass is 16.5. The quantitative estimate of drug-likeness (QED) is 0.712. The molecule has 0 heterocycles. The second-order valence-corrected chi connectivity index (χ2v) is 5.11. The van der Waals surface area contributed by atoms with Crippen LogP contribution in [-0.2, 0) is 4.79 Å². The molecule has 0 aliphatic heterocycles. The zero-order valence-corrected chi connectivity index (χ0v) is 11.2. The highest BCUT2D eigenvalue weighted by Crippen LogP contribution is 2.24. The van der Waals surface area contributed by atoms with E-state index in [4.69, 9.17) is 15.6 Å². The van der Waals surface area contributed by atoms with Gasteiger partial charge in [-0.15, -0.1) is 0 Å². The van der Waals surface area contributed by atoms with Gasteiger partial charge in [-0.1, -0.05) is 6.07 Å². The number of carbonyl (C=O) groups is 2. The van der Waals surface area contributed by atoms with E-state index < -0.39 is 5.97 Å². The molecule has 0 atom stereocenters. The Bertz CT molecular complexity index is 492. The van der Waals surface area contributed by atoms with Crippen LogP contribution in [0.2, 0.25) is 0 Å². The van der Waals surface area contributed by atoms with Crippen LogP contribution >= 0.6 is 0 Å². The maximum absolute atomic E-state index is 11.6. The van der Waals surface area contributed by atoms with Gasteiger partial charge in [-0.3, -0.25) is 4.79 Å². The average Bonchev–Trinajstić information content (AvgIpc) is 2.23. The van der Waals surface area contributed by atoms with E-state index in [0.717, 1.165) is 0 Å². The summed E-state index contributed by atoms with van der Waals surface area (Å²) in [6, 6.07) is 4.49. The van der Waals surface area contributed by atoms with Gasteiger partial charge in [0.05, 0.1) is 0 Å². The topological polar surface area (TPSA) is 102 Å². The smallest absolute Gasteiger partial charge is 0.341 e. The predicted octanol–water partition coefficient (Wildman–Crippen LogP) is 1.26. The van der Waals surface area contributed by atoms with Gasteiger partial charge < -0.3 is 20.9 Å². The molecule has 4 N–H and O–H groups in total. The predicted molar refractivity (Wildman–Crippen MR) is 71.2 cm³/mol. The normalized spacial score (nSPS) is 10.9. The number of nitrogen functional groups attached to an aromatic ring is 1. The Morgan fingerprint density at radius 1 is 1.37 bits per heavy atom. The fourth-order valence-electron chi connectivity index (χ4n) is 1.49. The van der Waals surface area contributed by atoms with Crippen LogP contribution in [0, 0.1) is 0 Å². The van der Waals surface area contributed by atoms with Crippen molar-refractivity contribution >= 4 is 17.6 Å². The molecule has 1 amide bonds. The van der Waals surface area contributed by atoms with E-state index >= 15 is 0 Å². The van der Waals surface area contributed by atoms with Crippen molar-refractivity contribution in [2.24, 2.45) is 0 Å². The molecule has 0 aromatic heterocycles. The average molecular weight is 266 g/mol. The number of nitrogens with one attached hydrogen (secondary N) is 1. The van der Waals surface area contributed by atoms with Gasteiger partial charge in [0.25, 0.3) is 5.91 Å². The second kappa shape index (κ2) is 5.60. The molecule has 0 radical (unpaired) electrons. The van der Waals surface area contributed by atoms with Crippen molar-refractivity contribution in [3.8, 4) is 5.75 Å². The molecule has 0 bridgehead atoms. The lowest BCUT2D eigenvalue weighted by atomic mass is 10.1. The highest BCUT2D eigenvalue weighted by Gasteiger charge is 2.17. The van der Waals surface area contributed by atoms with E-state index in [0.29, 0.717) is 0 Å². The molecule has 0 saturated carbocycles. The molecule has 0 aliphatic carbocycles. The van der Waals surface area contributed by atoms with E-state index in [2.05, 4.69) is 5.32 Å². The summed E-state index contributed by atoms with van der Waals surface area (Å²) in [5, 5.41) is 11.7. The lowest BCUT2D eigenvalue weighted by Crippen LogP contribution is -2.43. The third-order valence-electron chi connectivity index (χ3n) is 2.15. The number of hydrogen-bond donors (Lipinski definition) is 3. The van der Waals surface area contributed by atoms with E-state index in [9.17, 15) is 9.59 Å². The van der Waals surface area contributed by atoms with Crippen LogP contribution < -0.4 is 15.8 Å². The number of aromatic carboxylic acids is 1. The number of rotatable bonds is 4. The molecule has 0 aliphatic rings. The molecule has 6 nitrogen and oxygen atoms in total. The molecular weight excluding hydrogens is 248 g/mol. The molecule has 0 fully saturated rings. The zero-order valence-electron chi connectivity index (χ0n) is 11.2. The monoisotopic (exact) mass is 266 g/mol. The summed E-state index contributed by atoms with van der Waals surface area (Å²) >= 11 is 0. The SMILES string of the molecule is CC(C)(C)NC(=O)COc1cccc(N)c1C(=O)O. The molecule has 1 aromatic rings. The second-order valence-electron chi connectivity index (χ2n) is 5.11. The van der Waals surface area contributed by atoms with Crippen LogP contribution in [0.1, 0.15) is 31.1 Å². The van der Waals surface area contributed by atoms with Gasteiger partial charge in [0.15, 0.2) is 6.61 Å². The number of ether oxygens (including phenoxy) is 1. The first-order valence-corrected chi connectivity index (χ1v) is 5.76. The first-order chi connectivity index (χ1) is 8.70. The minimum Gasteiger partial charge on any atom is -0.483 e. The van der Waals surface area contributed by atoms with E-state index in [1.54, 1.807) is 6.07 Å². The van der Waals surface area contributed by atoms with Gasteiger partial charge in [-0.25, -0.2) is 4.79 Å². The number of carboxylic acids is 1. The van der Waals surface area contributed by atoms with Crippen LogP contribution in [0.25, 0.3) is 0 Å². The number of carboxylic acid groups (broad SMARTS) is 1. The molecule has 1 aromatic carbocycles. The van der Waals surface area contributed by atoms with Crippen LogP contribution in [0.3, 0.4) is 0 Å². The molecule has 6 heteroatoms. The summed E-state index contributed by atoms with van der Waals surface area (Å²) in [5.74, 6) is -1.44. The Hall–Kier alpha value is -2.24. The molecule has 104 valence electrons. The van der Waals surface area contributed by atoms with Crippen LogP contribution in [-0.4, -0.2) is 29.1 Å². The third-order valence-corrected chi connectivity index (χ3v) is 2.15. The number of amides is 1. The zero-order chi connectivity index (χ0) is 14.6. The van der Waals surface area contributed by atoms with Crippen molar-refractivity contribution < 1.29 is 19.4 Å². The van der Waals surface area contributed by atoms with Gasteiger partial charge in [-0.05, 0) is 32.9 Å². The fraction of sp³-hybridized carbons (Fsp3) is 0.385. The largest absolute Gasteiger partial charge is 0.483 e. The molecular formula is C13H18N2O4. The van der Waals surface area contributed by atoms with Crippen LogP contribution in [0.5, 0.6) is 5.75 Å². The minimum absolute atomic E-state index is 0.0801. The van der Waals surface area contributed by atoms with Gasteiger partial charge in [0.2, 0.25) is 0 Å². The number of carbonyl (C=O) groups excluding carboxylic acids is 1. The van der Waals surface area contributed by atoms with Crippen molar-refractivity contribution in [2.75, 3.05) is 12.3 Å². The summed E-state index contributed by atoms with van der Waals surface area (Å²) in [7, 11) is 0. The molecule has 0 unspecified atom stereocenters. The van der Waals surface area contributed by atoms with Gasteiger partial charge in [0.1, 0.15) is 11.3 Å². The lowest BCUT2D eigenvalue weighted by molar-refractivity contribution is -0.124. The van der Waals surface area contributed by atoms with Crippen molar-refractivity contribution in [2.45, 2.75) is 26.3 Å². The van der Waals surface area contributed by atoms with Crippen LogP contribution in [0.4, 0.5) is 5.69 Å². The van der Waals surface area contributed by atoms with E-state index in [-0.39, 0.29) is 35.1 Å². The molecule has 0 saturated heterocycles. The summed E-state index contributed by atoms with van der Waals surface area (Å²) in [6.45, 7) is 5.26. The molecule has 0 spiro atoms. The number of nitrogens with two attached hydrogens (primary N) is 1. The summed E-state index contributed by atoms with van der Waals surface area (Å²) in [5.41, 5.74) is 5.16. The Morgan fingerprint density at radius 3 is 2.53 bits per heavy atom. The van der Waals surface area contributed by atoms with Gasteiger partial charge >= 0.3 is 5.97 Å². The van der Waals surface area contributed by atoms with Gasteiger partial charge in [0, 0.05) is 11.2 Å². The standard InChI is InChI=1S/C13H18N2O4/c1-13(2,3)15-10(16)7-19-9-6-4-5-8(14)11(9)12(17)18/h4-6H,7,14H2,1-3H3,(H,15,16)(H,17,18). The van der Waals surface area contributed by atoms with E-state index in [1.165, 1.54) is 12.1 Å². The highest BCUT2D eigenvalue weighted by molar-refractivity contribution is 5.96. The Labute approximate surface area is 111 Å². The van der Waals surface area contributed by atoms with Crippen LogP contribution in [0.15, 0.2) is 18.2 Å². The minimum atomic E-state index is -1.19. The molecule has 19 heavy (non-hydrogen) atoms. The summed E-state index contributed by atoms with van der Waals surface area (Å²) < 4.78 is 5.21. The maximum atomic E-state index is 11.6. The number of anilines is 1. The summed E-state index contributed by atoms with van der Waals surface area (Å²) in [6.07, 6.45) is 0. The number of hydrogen-bond acceptors (Lipinski definition) is 4. The molecule has 1 rings (SSSR count). The Kier molecular flexibility index (Phi) is 4.37. The van der Waals surface area contributed by atoms with Crippen molar-refractivity contribution in [1.82, 2.24) is 5.32 Å².